The molecule has 0 saturated heterocycles. The van der Waals surface area contributed by atoms with Crippen molar-refractivity contribution in [2.24, 2.45) is 0 Å². The average molecular weight is 742 g/mol. The Morgan fingerprint density at radius 1 is 0.397 bits per heavy atom. The number of hydrogen-bond donors (Lipinski definition) is 0. The highest BCUT2D eigenvalue weighted by Gasteiger charge is 2.35. The molecule has 2 heterocycles. The van der Waals surface area contributed by atoms with E-state index in [0.29, 0.717) is 5.82 Å². The molecule has 0 aliphatic heterocycles. The van der Waals surface area contributed by atoms with Gasteiger partial charge < -0.3 is 0 Å². The van der Waals surface area contributed by atoms with Crippen molar-refractivity contribution in [2.45, 2.75) is 19.3 Å². The molecule has 2 aromatic heterocycles. The minimum Gasteiger partial charge on any atom is -0.294 e. The summed E-state index contributed by atoms with van der Waals surface area (Å²) in [6.07, 6.45) is 0. The fourth-order valence-corrected chi connectivity index (χ4v) is 9.08. The third-order valence-electron chi connectivity index (χ3n) is 12.0. The Kier molecular flexibility index (Phi) is 7.84. The average Bonchev–Trinajstić information content (AvgIpc) is 3.74. The first kappa shape index (κ1) is 33.9. The Morgan fingerprint density at radius 3 is 1.59 bits per heavy atom. The summed E-state index contributed by atoms with van der Waals surface area (Å²) in [5.41, 5.74) is 18.2. The van der Waals surface area contributed by atoms with Gasteiger partial charge in [-0.2, -0.15) is 0 Å². The van der Waals surface area contributed by atoms with E-state index in [-0.39, 0.29) is 5.41 Å². The molecule has 3 nitrogen and oxygen atoms in total. The van der Waals surface area contributed by atoms with Crippen molar-refractivity contribution in [2.75, 3.05) is 0 Å². The van der Waals surface area contributed by atoms with Crippen molar-refractivity contribution in [3.05, 3.63) is 211 Å². The van der Waals surface area contributed by atoms with Crippen LogP contribution in [-0.2, 0) is 5.41 Å². The first-order valence-corrected chi connectivity index (χ1v) is 20.0. The number of hydrogen-bond acceptors (Lipinski definition) is 2. The maximum atomic E-state index is 5.49. The number of aromatic nitrogens is 3. The van der Waals surface area contributed by atoms with E-state index in [0.717, 1.165) is 72.3 Å². The predicted octanol–water partition coefficient (Wildman–Crippen LogP) is 14.2. The highest BCUT2D eigenvalue weighted by Crippen LogP contribution is 2.50. The van der Waals surface area contributed by atoms with Gasteiger partial charge in [0.1, 0.15) is 5.65 Å². The van der Waals surface area contributed by atoms with Gasteiger partial charge in [-0.1, -0.05) is 178 Å². The Balaban J connectivity index is 1.22. The van der Waals surface area contributed by atoms with Crippen LogP contribution in [0.3, 0.4) is 0 Å². The van der Waals surface area contributed by atoms with Crippen molar-refractivity contribution >= 4 is 21.9 Å². The minimum atomic E-state index is -0.0928. The highest BCUT2D eigenvalue weighted by molar-refractivity contribution is 6.15. The van der Waals surface area contributed by atoms with Crippen LogP contribution in [0.25, 0.3) is 94.8 Å². The molecule has 0 amide bonds. The molecule has 0 fully saturated rings. The highest BCUT2D eigenvalue weighted by atomic mass is 15.1. The molecule has 1 aliphatic carbocycles. The SMILES string of the molecule is CC1(C)c2ccccc2-c2ccc(-c3ccc4c(c3)c3c(-c5ccccc5)nc(-c5ccccc5)nc3n4-c3cc(-c4ccccc4)cc(-c4ccccc4)c3)cc21. The molecule has 10 aromatic rings. The molecule has 0 saturated carbocycles. The molecular formula is C55H39N3. The van der Waals surface area contributed by atoms with Gasteiger partial charge in [0, 0.05) is 27.6 Å². The van der Waals surface area contributed by atoms with Gasteiger partial charge in [0.05, 0.1) is 16.6 Å². The molecule has 58 heavy (non-hydrogen) atoms. The first-order chi connectivity index (χ1) is 28.5. The van der Waals surface area contributed by atoms with Gasteiger partial charge >= 0.3 is 0 Å². The molecule has 0 unspecified atom stereocenters. The summed E-state index contributed by atoms with van der Waals surface area (Å²) in [6.45, 7) is 4.69. The molecular weight excluding hydrogens is 703 g/mol. The lowest BCUT2D eigenvalue weighted by molar-refractivity contribution is 0.660. The molecule has 11 rings (SSSR count). The van der Waals surface area contributed by atoms with E-state index in [2.05, 4.69) is 213 Å². The maximum Gasteiger partial charge on any atom is 0.162 e. The Morgan fingerprint density at radius 2 is 0.931 bits per heavy atom. The quantitative estimate of drug-likeness (QED) is 0.170. The summed E-state index contributed by atoms with van der Waals surface area (Å²) in [5.74, 6) is 0.694. The number of nitrogens with zero attached hydrogens (tertiary/aromatic N) is 3. The Bertz CT molecular complexity index is 3110. The zero-order valence-electron chi connectivity index (χ0n) is 32.4. The lowest BCUT2D eigenvalue weighted by atomic mass is 9.81. The van der Waals surface area contributed by atoms with Gasteiger partial charge in [0.25, 0.3) is 0 Å². The van der Waals surface area contributed by atoms with E-state index >= 15 is 0 Å². The molecule has 3 heteroatoms. The molecule has 0 N–H and O–H groups in total. The minimum absolute atomic E-state index is 0.0928. The van der Waals surface area contributed by atoms with Crippen LogP contribution in [0.4, 0.5) is 0 Å². The van der Waals surface area contributed by atoms with Crippen LogP contribution in [0.5, 0.6) is 0 Å². The maximum absolute atomic E-state index is 5.49. The molecule has 274 valence electrons. The van der Waals surface area contributed by atoms with Crippen LogP contribution in [0.15, 0.2) is 200 Å². The second-order valence-corrected chi connectivity index (χ2v) is 15.8. The molecule has 8 aromatic carbocycles. The van der Waals surface area contributed by atoms with Crippen molar-refractivity contribution in [1.29, 1.82) is 0 Å². The van der Waals surface area contributed by atoms with Gasteiger partial charge in [-0.05, 0) is 92.0 Å². The van der Waals surface area contributed by atoms with Crippen molar-refractivity contribution in [3.8, 4) is 72.8 Å². The van der Waals surface area contributed by atoms with E-state index in [4.69, 9.17) is 9.97 Å². The van der Waals surface area contributed by atoms with Crippen molar-refractivity contribution < 1.29 is 0 Å². The van der Waals surface area contributed by atoms with Crippen LogP contribution in [0.1, 0.15) is 25.0 Å². The molecule has 1 aliphatic rings. The topological polar surface area (TPSA) is 30.7 Å². The van der Waals surface area contributed by atoms with Crippen molar-refractivity contribution in [3.63, 3.8) is 0 Å². The fraction of sp³-hybridized carbons (Fsp3) is 0.0545. The monoisotopic (exact) mass is 741 g/mol. The largest absolute Gasteiger partial charge is 0.294 e. The smallest absolute Gasteiger partial charge is 0.162 e. The Hall–Kier alpha value is -7.36. The second-order valence-electron chi connectivity index (χ2n) is 15.8. The van der Waals surface area contributed by atoms with Crippen LogP contribution >= 0.6 is 0 Å². The number of rotatable bonds is 6. The zero-order valence-corrected chi connectivity index (χ0v) is 32.4. The number of benzene rings is 8. The van der Waals surface area contributed by atoms with Crippen LogP contribution in [-0.4, -0.2) is 14.5 Å². The summed E-state index contributed by atoms with van der Waals surface area (Å²) >= 11 is 0. The van der Waals surface area contributed by atoms with Gasteiger partial charge in [0.2, 0.25) is 0 Å². The summed E-state index contributed by atoms with van der Waals surface area (Å²) in [5, 5.41) is 2.14. The van der Waals surface area contributed by atoms with Gasteiger partial charge in [-0.3, -0.25) is 4.57 Å². The van der Waals surface area contributed by atoms with E-state index in [1.807, 2.05) is 6.07 Å². The van der Waals surface area contributed by atoms with Crippen LogP contribution in [0, 0.1) is 0 Å². The number of fused-ring (bicyclic) bond motifs is 6. The zero-order chi connectivity index (χ0) is 38.8. The summed E-state index contributed by atoms with van der Waals surface area (Å²) in [7, 11) is 0. The predicted molar refractivity (Wildman–Crippen MR) is 241 cm³/mol. The van der Waals surface area contributed by atoms with E-state index < -0.39 is 0 Å². The summed E-state index contributed by atoms with van der Waals surface area (Å²) < 4.78 is 2.36. The lowest BCUT2D eigenvalue weighted by Crippen LogP contribution is -2.14. The third kappa shape index (κ3) is 5.50. The normalized spacial score (nSPS) is 12.8. The van der Waals surface area contributed by atoms with E-state index in [9.17, 15) is 0 Å². The molecule has 0 radical (unpaired) electrons. The standard InChI is InChI=1S/C55H39N3/c1-55(2)48-26-16-15-25-45(48)46-29-27-41(35-49(46)55)40-28-30-50-47(34-40)51-52(38-21-11-5-12-22-38)56-53(39-23-13-6-14-24-39)57-54(51)58(50)44-32-42(36-17-7-3-8-18-36)31-43(33-44)37-19-9-4-10-20-37/h3-35H,1-2H3. The van der Waals surface area contributed by atoms with Crippen LogP contribution < -0.4 is 0 Å². The molecule has 0 spiro atoms. The third-order valence-corrected chi connectivity index (χ3v) is 12.0. The van der Waals surface area contributed by atoms with E-state index in [1.54, 1.807) is 0 Å². The lowest BCUT2D eigenvalue weighted by Gasteiger charge is -2.22. The second kappa shape index (κ2) is 13.4. The summed E-state index contributed by atoms with van der Waals surface area (Å²) in [6, 6.07) is 71.9. The molecule has 0 bridgehead atoms. The van der Waals surface area contributed by atoms with Gasteiger partial charge in [-0.15, -0.1) is 0 Å². The first-order valence-electron chi connectivity index (χ1n) is 20.0. The summed E-state index contributed by atoms with van der Waals surface area (Å²) in [4.78, 5) is 10.9. The van der Waals surface area contributed by atoms with Gasteiger partial charge in [0.15, 0.2) is 5.82 Å². The Labute approximate surface area is 338 Å². The van der Waals surface area contributed by atoms with Crippen molar-refractivity contribution in [1.82, 2.24) is 14.5 Å². The van der Waals surface area contributed by atoms with E-state index in [1.165, 1.54) is 27.8 Å². The fourth-order valence-electron chi connectivity index (χ4n) is 9.08. The molecule has 0 atom stereocenters. The van der Waals surface area contributed by atoms with Gasteiger partial charge in [-0.25, -0.2) is 9.97 Å². The van der Waals surface area contributed by atoms with Crippen LogP contribution in [0.2, 0.25) is 0 Å².